The molecule has 0 amide bonds. The van der Waals surface area contributed by atoms with Crippen LogP contribution in [0.15, 0.2) is 30.3 Å². The number of aromatic nitrogens is 3. The third-order valence-electron chi connectivity index (χ3n) is 2.49. The third kappa shape index (κ3) is 1.68. The highest BCUT2D eigenvalue weighted by Gasteiger charge is 2.10. The lowest BCUT2D eigenvalue weighted by Crippen LogP contribution is -1.94. The second-order valence-electron chi connectivity index (χ2n) is 3.68. The molecule has 0 spiro atoms. The van der Waals surface area contributed by atoms with E-state index in [4.69, 9.17) is 4.74 Å². The Morgan fingerprint density at radius 2 is 2.12 bits per heavy atom. The minimum Gasteiger partial charge on any atom is -0.481 e. The van der Waals surface area contributed by atoms with E-state index in [2.05, 4.69) is 23.1 Å². The number of pyridine rings is 1. The highest BCUT2D eigenvalue weighted by Crippen LogP contribution is 2.26. The van der Waals surface area contributed by atoms with Crippen LogP contribution in [0.25, 0.3) is 16.3 Å². The van der Waals surface area contributed by atoms with Gasteiger partial charge >= 0.3 is 0 Å². The second-order valence-corrected chi connectivity index (χ2v) is 4.97. The lowest BCUT2D eigenvalue weighted by molar-refractivity contribution is 0.386. The molecular formula is C12H11N3OS. The summed E-state index contributed by atoms with van der Waals surface area (Å²) >= 11 is 1.69. The Kier molecular flexibility index (Phi) is 2.33. The second kappa shape index (κ2) is 3.85. The predicted octanol–water partition coefficient (Wildman–Crippen LogP) is 2.77. The topological polar surface area (TPSA) is 39.4 Å². The molecule has 0 bridgehead atoms. The molecular weight excluding hydrogens is 234 g/mol. The fourth-order valence-corrected chi connectivity index (χ4v) is 2.49. The fourth-order valence-electron chi connectivity index (χ4n) is 1.69. The molecule has 0 atom stereocenters. The van der Waals surface area contributed by atoms with Gasteiger partial charge < -0.3 is 4.74 Å². The molecule has 0 aliphatic heterocycles. The first kappa shape index (κ1) is 10.3. The minimum absolute atomic E-state index is 0.689. The van der Waals surface area contributed by atoms with Gasteiger partial charge in [0.1, 0.15) is 0 Å². The normalized spacial score (nSPS) is 10.9. The van der Waals surface area contributed by atoms with E-state index in [-0.39, 0.29) is 0 Å². The quantitative estimate of drug-likeness (QED) is 0.697. The third-order valence-corrected chi connectivity index (χ3v) is 3.49. The summed E-state index contributed by atoms with van der Waals surface area (Å²) in [5, 5.41) is 4.46. The largest absolute Gasteiger partial charge is 0.481 e. The van der Waals surface area contributed by atoms with Gasteiger partial charge in [0.25, 0.3) is 0 Å². The number of rotatable bonds is 2. The molecule has 0 saturated heterocycles. The standard InChI is InChI=1S/C12H11N3OS/c1-8-6-7-9(17-8)12-13-10-4-3-5-11(16-2)15(10)14-12/h3-7H,1-2H3. The molecule has 3 heterocycles. The van der Waals surface area contributed by atoms with Crippen molar-refractivity contribution in [2.24, 2.45) is 0 Å². The maximum absolute atomic E-state index is 5.25. The van der Waals surface area contributed by atoms with Crippen LogP contribution in [-0.4, -0.2) is 21.7 Å². The molecule has 3 aromatic heterocycles. The van der Waals surface area contributed by atoms with Crippen LogP contribution in [0.5, 0.6) is 5.88 Å². The molecule has 0 aliphatic carbocycles. The summed E-state index contributed by atoms with van der Waals surface area (Å²) in [6.45, 7) is 2.07. The Morgan fingerprint density at radius 1 is 1.24 bits per heavy atom. The molecule has 0 radical (unpaired) electrons. The lowest BCUT2D eigenvalue weighted by atomic mass is 10.4. The molecule has 86 valence electrons. The number of nitrogens with zero attached hydrogens (tertiary/aromatic N) is 3. The number of fused-ring (bicyclic) bond motifs is 1. The van der Waals surface area contributed by atoms with Crippen molar-refractivity contribution in [1.29, 1.82) is 0 Å². The molecule has 0 fully saturated rings. The van der Waals surface area contributed by atoms with Crippen molar-refractivity contribution >= 4 is 17.0 Å². The van der Waals surface area contributed by atoms with Crippen molar-refractivity contribution in [3.63, 3.8) is 0 Å². The molecule has 0 N–H and O–H groups in total. The average molecular weight is 245 g/mol. The van der Waals surface area contributed by atoms with Gasteiger partial charge in [-0.3, -0.25) is 0 Å². The maximum Gasteiger partial charge on any atom is 0.216 e. The molecule has 0 unspecified atom stereocenters. The first-order valence-corrected chi connectivity index (χ1v) is 6.06. The molecule has 0 aromatic carbocycles. The Bertz CT molecular complexity index is 671. The van der Waals surface area contributed by atoms with Crippen LogP contribution >= 0.6 is 11.3 Å². The number of ether oxygens (including phenoxy) is 1. The van der Waals surface area contributed by atoms with Gasteiger partial charge in [-0.05, 0) is 25.1 Å². The molecule has 0 aliphatic rings. The number of hydrogen-bond acceptors (Lipinski definition) is 4. The zero-order valence-corrected chi connectivity index (χ0v) is 10.4. The molecule has 4 nitrogen and oxygen atoms in total. The van der Waals surface area contributed by atoms with Crippen LogP contribution in [0.3, 0.4) is 0 Å². The monoisotopic (exact) mass is 245 g/mol. The van der Waals surface area contributed by atoms with Crippen molar-refractivity contribution in [2.45, 2.75) is 6.92 Å². The van der Waals surface area contributed by atoms with Gasteiger partial charge in [-0.25, -0.2) is 4.98 Å². The van der Waals surface area contributed by atoms with E-state index in [1.54, 1.807) is 23.0 Å². The van der Waals surface area contributed by atoms with Crippen LogP contribution in [0.2, 0.25) is 0 Å². The van der Waals surface area contributed by atoms with E-state index in [0.717, 1.165) is 16.3 Å². The van der Waals surface area contributed by atoms with Crippen molar-refractivity contribution in [1.82, 2.24) is 14.6 Å². The zero-order valence-electron chi connectivity index (χ0n) is 9.54. The van der Waals surface area contributed by atoms with Gasteiger partial charge in [-0.1, -0.05) is 6.07 Å². The number of methoxy groups -OCH3 is 1. The van der Waals surface area contributed by atoms with E-state index in [9.17, 15) is 0 Å². The number of hydrogen-bond donors (Lipinski definition) is 0. The zero-order chi connectivity index (χ0) is 11.8. The van der Waals surface area contributed by atoms with E-state index in [0.29, 0.717) is 5.88 Å². The molecule has 3 rings (SSSR count). The highest BCUT2D eigenvalue weighted by molar-refractivity contribution is 7.15. The highest BCUT2D eigenvalue weighted by atomic mass is 32.1. The van der Waals surface area contributed by atoms with Crippen LogP contribution < -0.4 is 4.74 Å². The average Bonchev–Trinajstić information content (AvgIpc) is 2.93. The van der Waals surface area contributed by atoms with E-state index in [1.165, 1.54) is 4.88 Å². The summed E-state index contributed by atoms with van der Waals surface area (Å²) in [4.78, 5) is 6.82. The van der Waals surface area contributed by atoms with Crippen LogP contribution in [-0.2, 0) is 0 Å². The van der Waals surface area contributed by atoms with Gasteiger partial charge in [-0.15, -0.1) is 16.4 Å². The van der Waals surface area contributed by atoms with Gasteiger partial charge in [0.2, 0.25) is 5.88 Å². The Hall–Kier alpha value is -1.88. The first-order chi connectivity index (χ1) is 8.28. The SMILES string of the molecule is COc1cccc2nc(-c3ccc(C)s3)nn12. The predicted molar refractivity (Wildman–Crippen MR) is 67.6 cm³/mol. The lowest BCUT2D eigenvalue weighted by Gasteiger charge is -1.99. The Morgan fingerprint density at radius 3 is 2.82 bits per heavy atom. The van der Waals surface area contributed by atoms with Gasteiger partial charge in [0.05, 0.1) is 12.0 Å². The molecule has 5 heteroatoms. The van der Waals surface area contributed by atoms with Gasteiger partial charge in [-0.2, -0.15) is 4.52 Å². The van der Waals surface area contributed by atoms with E-state index >= 15 is 0 Å². The van der Waals surface area contributed by atoms with Gasteiger partial charge in [0.15, 0.2) is 11.5 Å². The summed E-state index contributed by atoms with van der Waals surface area (Å²) in [6, 6.07) is 9.81. The van der Waals surface area contributed by atoms with Gasteiger partial charge in [0, 0.05) is 10.9 Å². The van der Waals surface area contributed by atoms with E-state index in [1.807, 2.05) is 24.3 Å². The summed E-state index contributed by atoms with van der Waals surface area (Å²) in [6.07, 6.45) is 0. The summed E-state index contributed by atoms with van der Waals surface area (Å²) in [5.41, 5.74) is 0.797. The smallest absolute Gasteiger partial charge is 0.216 e. The minimum atomic E-state index is 0.689. The van der Waals surface area contributed by atoms with Crippen LogP contribution in [0, 0.1) is 6.92 Å². The Labute approximate surface area is 102 Å². The van der Waals surface area contributed by atoms with Crippen LogP contribution in [0.4, 0.5) is 0 Å². The fraction of sp³-hybridized carbons (Fsp3) is 0.167. The first-order valence-electron chi connectivity index (χ1n) is 5.24. The number of aryl methyl sites for hydroxylation is 1. The van der Waals surface area contributed by atoms with Crippen LogP contribution in [0.1, 0.15) is 4.88 Å². The van der Waals surface area contributed by atoms with Crippen molar-refractivity contribution < 1.29 is 4.74 Å². The van der Waals surface area contributed by atoms with Crippen molar-refractivity contribution in [2.75, 3.05) is 7.11 Å². The summed E-state index contributed by atoms with van der Waals surface area (Å²) in [5.74, 6) is 1.43. The Balaban J connectivity index is 2.19. The number of thiophene rings is 1. The van der Waals surface area contributed by atoms with Crippen molar-refractivity contribution in [3.05, 3.63) is 35.2 Å². The van der Waals surface area contributed by atoms with E-state index < -0.39 is 0 Å². The molecule has 3 aromatic rings. The van der Waals surface area contributed by atoms with Crippen molar-refractivity contribution in [3.8, 4) is 16.6 Å². The maximum atomic E-state index is 5.25. The summed E-state index contributed by atoms with van der Waals surface area (Å²) in [7, 11) is 1.63. The summed E-state index contributed by atoms with van der Waals surface area (Å²) < 4.78 is 6.96. The molecule has 0 saturated carbocycles. The molecule has 17 heavy (non-hydrogen) atoms.